The highest BCUT2D eigenvalue weighted by molar-refractivity contribution is 7.89. The van der Waals surface area contributed by atoms with Gasteiger partial charge >= 0.3 is 0 Å². The Balaban J connectivity index is 2.04. The van der Waals surface area contributed by atoms with E-state index in [1.54, 1.807) is 0 Å². The summed E-state index contributed by atoms with van der Waals surface area (Å²) in [6.45, 7) is 0.151. The number of rotatable bonds is 5. The smallest absolute Gasteiger partial charge is 0.295 e. The minimum Gasteiger partial charge on any atom is -0.424 e. The summed E-state index contributed by atoms with van der Waals surface area (Å²) in [7, 11) is -1.92. The molecule has 0 bridgehead atoms. The van der Waals surface area contributed by atoms with E-state index in [2.05, 4.69) is 15.0 Å². The molecule has 2 N–H and O–H groups in total. The Bertz CT molecular complexity index is 653. The first kappa shape index (κ1) is 12.8. The van der Waals surface area contributed by atoms with Gasteiger partial charge in [-0.3, -0.25) is 0 Å². The van der Waals surface area contributed by atoms with Crippen LogP contribution in [0.5, 0.6) is 0 Å². The molecule has 2 aromatic rings. The minimum atomic E-state index is -3.27. The first-order valence-corrected chi connectivity index (χ1v) is 6.86. The largest absolute Gasteiger partial charge is 0.424 e. The molecule has 0 atom stereocenters. The summed E-state index contributed by atoms with van der Waals surface area (Å²) in [4.78, 5) is 3.99. The molecule has 0 aliphatic heterocycles. The number of benzene rings is 1. The van der Waals surface area contributed by atoms with Crippen molar-refractivity contribution in [3.63, 3.8) is 0 Å². The van der Waals surface area contributed by atoms with Crippen molar-refractivity contribution < 1.29 is 17.2 Å². The highest BCUT2D eigenvalue weighted by Gasteiger charge is 2.09. The van der Waals surface area contributed by atoms with Crippen molar-refractivity contribution in [2.24, 2.45) is 0 Å². The van der Waals surface area contributed by atoms with Crippen molar-refractivity contribution in [1.29, 1.82) is 0 Å². The lowest BCUT2D eigenvalue weighted by molar-refractivity contribution is 0.587. The average Bonchev–Trinajstić information content (AvgIpc) is 2.70. The summed E-state index contributed by atoms with van der Waals surface area (Å²) < 4.78 is 42.7. The van der Waals surface area contributed by atoms with Gasteiger partial charge in [-0.2, -0.15) is 4.98 Å². The third-order valence-corrected chi connectivity index (χ3v) is 3.67. The van der Waals surface area contributed by atoms with E-state index in [9.17, 15) is 12.8 Å². The van der Waals surface area contributed by atoms with Crippen LogP contribution in [0.3, 0.4) is 0 Å². The molecule has 0 aliphatic carbocycles. The van der Waals surface area contributed by atoms with Crippen LogP contribution in [0, 0.1) is 5.82 Å². The van der Waals surface area contributed by atoms with Gasteiger partial charge < -0.3 is 9.73 Å². The molecule has 6 nitrogen and oxygen atoms in total. The van der Waals surface area contributed by atoms with Crippen LogP contribution in [0.1, 0.15) is 0 Å². The summed E-state index contributed by atoms with van der Waals surface area (Å²) in [5, 5.41) is 2.72. The fourth-order valence-electron chi connectivity index (χ4n) is 1.37. The standard InChI is InChI=1S/C10H12FN3O3S/c1-12-18(15,16)5-4-13-10-14-8-6-7(11)2-3-9(8)17-10/h2-3,6,12H,4-5H2,1H3,(H,13,14). The molecule has 0 saturated heterocycles. The summed E-state index contributed by atoms with van der Waals surface area (Å²) in [6, 6.07) is 4.14. The quantitative estimate of drug-likeness (QED) is 0.846. The van der Waals surface area contributed by atoms with Crippen LogP contribution in [0.25, 0.3) is 11.1 Å². The third kappa shape index (κ3) is 2.96. The van der Waals surface area contributed by atoms with Crippen molar-refractivity contribution in [3.8, 4) is 0 Å². The molecule has 18 heavy (non-hydrogen) atoms. The SMILES string of the molecule is CNS(=O)(=O)CCNc1nc2cc(F)ccc2o1. The van der Waals surface area contributed by atoms with E-state index in [1.165, 1.54) is 25.2 Å². The van der Waals surface area contributed by atoms with E-state index in [1.807, 2.05) is 0 Å². The lowest BCUT2D eigenvalue weighted by Crippen LogP contribution is -2.26. The van der Waals surface area contributed by atoms with Gasteiger partial charge in [0.2, 0.25) is 10.0 Å². The molecule has 1 heterocycles. The van der Waals surface area contributed by atoms with Crippen LogP contribution in [0.15, 0.2) is 22.6 Å². The number of anilines is 1. The van der Waals surface area contributed by atoms with Gasteiger partial charge in [-0.15, -0.1) is 0 Å². The maximum Gasteiger partial charge on any atom is 0.295 e. The second-order valence-electron chi connectivity index (χ2n) is 3.58. The van der Waals surface area contributed by atoms with E-state index in [0.29, 0.717) is 11.1 Å². The van der Waals surface area contributed by atoms with Crippen LogP contribution in [-0.4, -0.2) is 32.7 Å². The zero-order chi connectivity index (χ0) is 13.2. The number of oxazole rings is 1. The van der Waals surface area contributed by atoms with E-state index in [4.69, 9.17) is 4.42 Å². The van der Waals surface area contributed by atoms with E-state index < -0.39 is 15.8 Å². The molecule has 0 aliphatic rings. The molecular weight excluding hydrogens is 261 g/mol. The fourth-order valence-corrected chi connectivity index (χ4v) is 1.95. The number of nitrogens with one attached hydrogen (secondary N) is 2. The number of halogens is 1. The molecule has 0 saturated carbocycles. The number of sulfonamides is 1. The summed E-state index contributed by atoms with van der Waals surface area (Å²) in [6.07, 6.45) is 0. The molecular formula is C10H12FN3O3S. The maximum absolute atomic E-state index is 12.9. The molecule has 0 fully saturated rings. The van der Waals surface area contributed by atoms with Gasteiger partial charge in [0.25, 0.3) is 6.01 Å². The second-order valence-corrected chi connectivity index (χ2v) is 5.63. The molecule has 0 spiro atoms. The molecule has 1 aromatic heterocycles. The van der Waals surface area contributed by atoms with Gasteiger partial charge in [0, 0.05) is 12.6 Å². The fraction of sp³-hybridized carbons (Fsp3) is 0.300. The number of nitrogens with zero attached hydrogens (tertiary/aromatic N) is 1. The number of hydrogen-bond donors (Lipinski definition) is 2. The third-order valence-electron chi connectivity index (χ3n) is 2.31. The normalized spacial score (nSPS) is 11.9. The van der Waals surface area contributed by atoms with Crippen LogP contribution >= 0.6 is 0 Å². The Kier molecular flexibility index (Phi) is 3.48. The lowest BCUT2D eigenvalue weighted by atomic mass is 10.3. The zero-order valence-electron chi connectivity index (χ0n) is 9.60. The minimum absolute atomic E-state index is 0.101. The topological polar surface area (TPSA) is 84.2 Å². The van der Waals surface area contributed by atoms with Gasteiger partial charge in [0.1, 0.15) is 11.3 Å². The Morgan fingerprint density at radius 2 is 2.22 bits per heavy atom. The highest BCUT2D eigenvalue weighted by atomic mass is 32.2. The Labute approximate surface area is 103 Å². The van der Waals surface area contributed by atoms with Gasteiger partial charge in [-0.25, -0.2) is 17.5 Å². The molecule has 0 radical (unpaired) electrons. The first-order chi connectivity index (χ1) is 8.50. The Morgan fingerprint density at radius 3 is 2.94 bits per heavy atom. The molecule has 1 aromatic carbocycles. The van der Waals surface area contributed by atoms with Crippen molar-refractivity contribution in [3.05, 3.63) is 24.0 Å². The number of fused-ring (bicyclic) bond motifs is 1. The van der Waals surface area contributed by atoms with Crippen molar-refractivity contribution in [2.75, 3.05) is 24.7 Å². The first-order valence-electron chi connectivity index (χ1n) is 5.21. The predicted molar refractivity (Wildman–Crippen MR) is 65.3 cm³/mol. The molecule has 2 rings (SSSR count). The number of aromatic nitrogens is 1. The van der Waals surface area contributed by atoms with E-state index in [0.717, 1.165) is 0 Å². The number of hydrogen-bond acceptors (Lipinski definition) is 5. The highest BCUT2D eigenvalue weighted by Crippen LogP contribution is 2.19. The molecule has 8 heteroatoms. The van der Waals surface area contributed by atoms with Crippen LogP contribution < -0.4 is 10.0 Å². The monoisotopic (exact) mass is 273 g/mol. The summed E-state index contributed by atoms with van der Waals surface area (Å²) >= 11 is 0. The van der Waals surface area contributed by atoms with Crippen LogP contribution in [-0.2, 0) is 10.0 Å². The van der Waals surface area contributed by atoms with Crippen molar-refractivity contribution in [2.45, 2.75) is 0 Å². The van der Waals surface area contributed by atoms with Gasteiger partial charge in [-0.1, -0.05) is 0 Å². The van der Waals surface area contributed by atoms with Gasteiger partial charge in [0.15, 0.2) is 5.58 Å². The van der Waals surface area contributed by atoms with Crippen molar-refractivity contribution in [1.82, 2.24) is 9.71 Å². The van der Waals surface area contributed by atoms with Crippen LogP contribution in [0.2, 0.25) is 0 Å². The van der Waals surface area contributed by atoms with Gasteiger partial charge in [0.05, 0.1) is 5.75 Å². The average molecular weight is 273 g/mol. The van der Waals surface area contributed by atoms with Crippen molar-refractivity contribution >= 4 is 27.1 Å². The predicted octanol–water partition coefficient (Wildman–Crippen LogP) is 0.928. The molecule has 0 amide bonds. The summed E-state index contributed by atoms with van der Waals surface area (Å²) in [5.41, 5.74) is 0.823. The second kappa shape index (κ2) is 4.91. The summed E-state index contributed by atoms with van der Waals surface area (Å²) in [5.74, 6) is -0.503. The van der Waals surface area contributed by atoms with Gasteiger partial charge in [-0.05, 0) is 19.2 Å². The van der Waals surface area contributed by atoms with E-state index >= 15 is 0 Å². The lowest BCUT2D eigenvalue weighted by Gasteiger charge is -2.02. The Morgan fingerprint density at radius 1 is 1.44 bits per heavy atom. The van der Waals surface area contributed by atoms with Crippen LogP contribution in [0.4, 0.5) is 10.4 Å². The molecule has 98 valence electrons. The molecule has 0 unspecified atom stereocenters. The maximum atomic E-state index is 12.9. The Hall–Kier alpha value is -1.67. The van der Waals surface area contributed by atoms with E-state index in [-0.39, 0.29) is 18.3 Å². The zero-order valence-corrected chi connectivity index (χ0v) is 10.4.